The first-order valence-electron chi connectivity index (χ1n) is 13.9. The highest BCUT2D eigenvalue weighted by Crippen LogP contribution is 2.63. The van der Waals surface area contributed by atoms with E-state index in [9.17, 15) is 39.0 Å². The van der Waals surface area contributed by atoms with Gasteiger partial charge in [-0.1, -0.05) is 0 Å². The van der Waals surface area contributed by atoms with E-state index in [0.717, 1.165) is 38.5 Å². The first-order chi connectivity index (χ1) is 17.8. The molecule has 0 amide bonds. The fourth-order valence-corrected chi connectivity index (χ4v) is 12.8. The molecule has 0 aromatic rings. The molecule has 0 heterocycles. The van der Waals surface area contributed by atoms with Gasteiger partial charge in [-0.05, 0) is 123 Å². The molecular formula is C25H34F6NO5S2-. The second-order valence-corrected chi connectivity index (χ2v) is 17.6. The molecule has 39 heavy (non-hydrogen) atoms. The first-order valence-corrected chi connectivity index (χ1v) is 16.7. The molecule has 0 saturated heterocycles. The van der Waals surface area contributed by atoms with Crippen LogP contribution in [0.25, 0.3) is 0 Å². The number of hydrogen-bond donors (Lipinski definition) is 0. The standard InChI is InChI=1S/C25H35F6NO5S2/c26-23(27,25(30,31)39(35,36)37)24(28,29)38(33,34)32(13-21-7-15-1-16(8-21)3-17(2-15)9-21)14-22-10-18-4-19(11-22)6-20(5-18)12-22/h15-20H,1-14H2,(H,35,36,37)/p-1. The molecule has 0 radical (unpaired) electrons. The van der Waals surface area contributed by atoms with Crippen molar-refractivity contribution >= 4 is 20.1 Å². The summed E-state index contributed by atoms with van der Waals surface area (Å²) in [5.41, 5.74) is -1.44. The Balaban J connectivity index is 1.39. The zero-order valence-electron chi connectivity index (χ0n) is 21.4. The van der Waals surface area contributed by atoms with Crippen molar-refractivity contribution in [1.29, 1.82) is 0 Å². The van der Waals surface area contributed by atoms with Gasteiger partial charge >= 0.3 is 16.4 Å². The molecule has 0 spiro atoms. The molecule has 8 fully saturated rings. The monoisotopic (exact) mass is 606 g/mol. The molecule has 8 aliphatic carbocycles. The fourth-order valence-electron chi connectivity index (χ4n) is 10.6. The molecular weight excluding hydrogens is 572 g/mol. The Bertz CT molecular complexity index is 1120. The smallest absolute Gasteiger partial charge is 0.428 e. The largest absolute Gasteiger partial charge is 0.743 e. The van der Waals surface area contributed by atoms with Crippen molar-refractivity contribution in [3.63, 3.8) is 0 Å². The predicted octanol–water partition coefficient (Wildman–Crippen LogP) is 5.42. The third-order valence-corrected chi connectivity index (χ3v) is 13.8. The van der Waals surface area contributed by atoms with Crippen LogP contribution in [-0.4, -0.2) is 55.2 Å². The summed E-state index contributed by atoms with van der Waals surface area (Å²) in [6, 6.07) is 0. The van der Waals surface area contributed by atoms with E-state index in [-0.39, 0.29) is 35.5 Å². The van der Waals surface area contributed by atoms with Crippen LogP contribution in [0.15, 0.2) is 0 Å². The lowest BCUT2D eigenvalue weighted by Crippen LogP contribution is -2.65. The minimum atomic E-state index is -7.31. The first kappa shape index (κ1) is 28.5. The quantitative estimate of drug-likeness (QED) is 0.258. The summed E-state index contributed by atoms with van der Waals surface area (Å²) in [4.78, 5) is 0. The minimum absolute atomic E-state index is 0.275. The molecule has 0 atom stereocenters. The average Bonchev–Trinajstić information content (AvgIpc) is 2.75. The van der Waals surface area contributed by atoms with Crippen LogP contribution < -0.4 is 0 Å². The lowest BCUT2D eigenvalue weighted by molar-refractivity contribution is -0.247. The number of rotatable bonds is 9. The van der Waals surface area contributed by atoms with Crippen LogP contribution in [0.1, 0.15) is 77.0 Å². The van der Waals surface area contributed by atoms with Crippen LogP contribution >= 0.6 is 0 Å². The van der Waals surface area contributed by atoms with E-state index in [1.54, 1.807) is 0 Å². The summed E-state index contributed by atoms with van der Waals surface area (Å²) in [6.45, 7) is -0.968. The lowest BCUT2D eigenvalue weighted by Gasteiger charge is -2.60. The highest BCUT2D eigenvalue weighted by Gasteiger charge is 2.81. The molecule has 6 nitrogen and oxygen atoms in total. The lowest BCUT2D eigenvalue weighted by atomic mass is 9.49. The van der Waals surface area contributed by atoms with Crippen LogP contribution in [0.4, 0.5) is 26.3 Å². The summed E-state index contributed by atoms with van der Waals surface area (Å²) < 4.78 is 148. The zero-order valence-corrected chi connectivity index (χ0v) is 23.1. The van der Waals surface area contributed by atoms with Crippen molar-refractivity contribution in [3.8, 4) is 0 Å². The van der Waals surface area contributed by atoms with Crippen LogP contribution in [-0.2, 0) is 20.1 Å². The van der Waals surface area contributed by atoms with Gasteiger partial charge in [-0.25, -0.2) is 16.8 Å². The van der Waals surface area contributed by atoms with Gasteiger partial charge in [0.15, 0.2) is 10.1 Å². The van der Waals surface area contributed by atoms with Gasteiger partial charge in [0, 0.05) is 13.1 Å². The van der Waals surface area contributed by atoms with Gasteiger partial charge in [0.05, 0.1) is 0 Å². The molecule has 8 saturated carbocycles. The van der Waals surface area contributed by atoms with Crippen molar-refractivity contribution in [1.82, 2.24) is 4.31 Å². The summed E-state index contributed by atoms with van der Waals surface area (Å²) in [7, 11) is -13.8. The van der Waals surface area contributed by atoms with Crippen molar-refractivity contribution in [2.45, 2.75) is 93.5 Å². The van der Waals surface area contributed by atoms with Gasteiger partial charge in [-0.15, -0.1) is 0 Å². The molecule has 8 aliphatic rings. The molecule has 8 bridgehead atoms. The van der Waals surface area contributed by atoms with Crippen LogP contribution in [0.3, 0.4) is 0 Å². The second-order valence-electron chi connectivity index (χ2n) is 14.2. The zero-order chi connectivity index (χ0) is 28.4. The third kappa shape index (κ3) is 4.22. The maximum atomic E-state index is 15.3. The summed E-state index contributed by atoms with van der Waals surface area (Å²) in [6.07, 6.45) is 9.01. The molecule has 14 heteroatoms. The third-order valence-electron chi connectivity index (χ3n) is 11.1. The maximum absolute atomic E-state index is 15.3. The number of sulfonamides is 1. The van der Waals surface area contributed by atoms with Crippen LogP contribution in [0.2, 0.25) is 0 Å². The highest BCUT2D eigenvalue weighted by atomic mass is 32.2. The second kappa shape index (κ2) is 8.49. The highest BCUT2D eigenvalue weighted by molar-refractivity contribution is 7.90. The number of halogens is 6. The summed E-state index contributed by atoms with van der Waals surface area (Å²) in [5.74, 6) is -5.32. The number of hydrogen-bond acceptors (Lipinski definition) is 5. The molecule has 0 aliphatic heterocycles. The normalized spacial score (nSPS) is 42.1. The fraction of sp³-hybridized carbons (Fsp3) is 1.00. The molecule has 8 rings (SSSR count). The van der Waals surface area contributed by atoms with Gasteiger partial charge in [-0.2, -0.15) is 30.6 Å². The predicted molar refractivity (Wildman–Crippen MR) is 126 cm³/mol. The van der Waals surface area contributed by atoms with Crippen LogP contribution in [0, 0.1) is 46.3 Å². The van der Waals surface area contributed by atoms with Gasteiger partial charge < -0.3 is 4.55 Å². The molecule has 0 aromatic heterocycles. The molecule has 0 unspecified atom stereocenters. The van der Waals surface area contributed by atoms with Gasteiger partial charge in [0.1, 0.15) is 0 Å². The SMILES string of the molecule is O=S(=O)([O-])C(F)(F)C(F)(F)C(F)(F)S(=O)(=O)N(CC12CC3CC(CC(C3)C1)C2)CC12CC3CC(CC(C3)C1)C2. The Kier molecular flexibility index (Phi) is 6.21. The Labute approximate surface area is 225 Å². The molecule has 0 aromatic carbocycles. The Morgan fingerprint density at radius 3 is 1.13 bits per heavy atom. The Hall–Kier alpha value is -0.600. The van der Waals surface area contributed by atoms with Crippen molar-refractivity contribution in [2.24, 2.45) is 46.3 Å². The van der Waals surface area contributed by atoms with E-state index in [1.165, 1.54) is 0 Å². The van der Waals surface area contributed by atoms with E-state index in [1.807, 2.05) is 0 Å². The number of alkyl halides is 6. The van der Waals surface area contributed by atoms with E-state index < -0.39 is 60.5 Å². The van der Waals surface area contributed by atoms with Gasteiger partial charge in [0.25, 0.3) is 10.0 Å². The average molecular weight is 607 g/mol. The van der Waals surface area contributed by atoms with E-state index in [2.05, 4.69) is 0 Å². The van der Waals surface area contributed by atoms with Crippen molar-refractivity contribution in [3.05, 3.63) is 0 Å². The molecule has 0 N–H and O–H groups in total. The number of nitrogens with zero attached hydrogens (tertiary/aromatic N) is 1. The van der Waals surface area contributed by atoms with E-state index in [4.69, 9.17) is 0 Å². The van der Waals surface area contributed by atoms with E-state index in [0.29, 0.717) is 42.8 Å². The maximum Gasteiger partial charge on any atom is 0.428 e. The van der Waals surface area contributed by atoms with Crippen molar-refractivity contribution in [2.75, 3.05) is 13.1 Å². The van der Waals surface area contributed by atoms with Gasteiger partial charge in [-0.3, -0.25) is 0 Å². The van der Waals surface area contributed by atoms with Gasteiger partial charge in [0.2, 0.25) is 0 Å². The topological polar surface area (TPSA) is 94.6 Å². The van der Waals surface area contributed by atoms with Crippen LogP contribution in [0.5, 0.6) is 0 Å². The van der Waals surface area contributed by atoms with Crippen molar-refractivity contribution < 1.29 is 47.7 Å². The molecule has 224 valence electrons. The Morgan fingerprint density at radius 2 is 0.872 bits per heavy atom. The Morgan fingerprint density at radius 1 is 0.590 bits per heavy atom. The van der Waals surface area contributed by atoms with E-state index >= 15 is 8.78 Å². The summed E-state index contributed by atoms with van der Waals surface area (Å²) in [5, 5.41) is -13.4. The summed E-state index contributed by atoms with van der Waals surface area (Å²) >= 11 is 0. The minimum Gasteiger partial charge on any atom is -0.743 e.